The Morgan fingerprint density at radius 1 is 0.975 bits per heavy atom. The van der Waals surface area contributed by atoms with Gasteiger partial charge in [0.15, 0.2) is 18.6 Å². The quantitative estimate of drug-likeness (QED) is 0.0977. The van der Waals surface area contributed by atoms with Crippen molar-refractivity contribution in [3.8, 4) is 0 Å². The molecule has 0 saturated carbocycles. The molecule has 2 rings (SSSR count). The molecule has 8 atom stereocenters. The number of rotatable bonds is 7. The van der Waals surface area contributed by atoms with Crippen molar-refractivity contribution in [1.29, 1.82) is 0 Å². The number of hydrogen-bond acceptors (Lipinski definition) is 14. The van der Waals surface area contributed by atoms with Crippen molar-refractivity contribution in [2.45, 2.75) is 49.0 Å². The van der Waals surface area contributed by atoms with E-state index in [-0.39, 0.29) is 6.29 Å². The Labute approximate surface area is 220 Å². The number of carbonyl (C=O) groups excluding carboxylic acids is 1. The summed E-state index contributed by atoms with van der Waals surface area (Å²) in [5, 5.41) is 71.3. The molecule has 0 bridgehead atoms. The van der Waals surface area contributed by atoms with Crippen LogP contribution in [-0.4, -0.2) is 141 Å². The van der Waals surface area contributed by atoms with Crippen molar-refractivity contribution < 1.29 is 93.7 Å². The standard InChI is InChI=1S/C9H12N2O6.C6H10O7.2H3O4P/c12-3-4-6(14)7(15)8(17-4)11-2-1-5(13)10-9(11)16;7-1-2(8)3(9)4(10)5(11)6(12)13;2*1-5(2,3)4/h1-2,4,6-8,12,14-15H,3H2,(H,10,13,16);1-5,8-11H,(H,12,13);2*(H3,1,2,3,4)/t4-,6-,7-,8-;2-,3+,4-,5-;;/m10../s1. The third kappa shape index (κ3) is 16.7. The minimum Gasteiger partial charge on any atom is -0.479 e. The molecular formula is C15H28N2O21P2. The first-order valence-corrected chi connectivity index (χ1v) is 13.0. The Kier molecular flexibility index (Phi) is 17.5. The zero-order valence-corrected chi connectivity index (χ0v) is 21.3. The molecule has 0 aromatic carbocycles. The van der Waals surface area contributed by atoms with E-state index in [4.69, 9.17) is 73.9 Å². The van der Waals surface area contributed by atoms with Gasteiger partial charge in [-0.15, -0.1) is 0 Å². The van der Waals surface area contributed by atoms with Gasteiger partial charge in [0, 0.05) is 12.3 Å². The first kappa shape index (κ1) is 39.9. The van der Waals surface area contributed by atoms with Crippen LogP contribution in [0.5, 0.6) is 0 Å². The number of aliphatic hydroxyl groups excluding tert-OH is 7. The number of nitrogens with zero attached hydrogens (tertiary/aromatic N) is 1. The number of aliphatic hydroxyl groups is 7. The van der Waals surface area contributed by atoms with E-state index in [2.05, 4.69) is 0 Å². The molecule has 1 aliphatic heterocycles. The van der Waals surface area contributed by atoms with Gasteiger partial charge in [0.05, 0.1) is 6.61 Å². The maximum Gasteiger partial charge on any atom is 0.466 e. The molecule has 1 aromatic rings. The van der Waals surface area contributed by atoms with Crippen molar-refractivity contribution in [3.63, 3.8) is 0 Å². The Bertz CT molecular complexity index is 1090. The summed E-state index contributed by atoms with van der Waals surface area (Å²) in [6.45, 7) is -0.479. The minimum atomic E-state index is -4.64. The number of aromatic nitrogens is 2. The highest BCUT2D eigenvalue weighted by Crippen LogP contribution is 2.28. The number of carboxylic acids is 1. The largest absolute Gasteiger partial charge is 0.479 e. The molecule has 23 nitrogen and oxygen atoms in total. The van der Waals surface area contributed by atoms with E-state index in [1.807, 2.05) is 4.98 Å². The van der Waals surface area contributed by atoms with Gasteiger partial charge in [0.2, 0.25) is 0 Å². The lowest BCUT2D eigenvalue weighted by Gasteiger charge is -2.21. The van der Waals surface area contributed by atoms with E-state index in [0.717, 1.165) is 16.8 Å². The summed E-state index contributed by atoms with van der Waals surface area (Å²) in [5.41, 5.74) is -1.33. The molecule has 40 heavy (non-hydrogen) atoms. The van der Waals surface area contributed by atoms with Gasteiger partial charge in [-0.25, -0.2) is 18.7 Å². The van der Waals surface area contributed by atoms with Crippen LogP contribution in [0.15, 0.2) is 21.9 Å². The monoisotopic (exact) mass is 634 g/mol. The van der Waals surface area contributed by atoms with E-state index in [1.165, 1.54) is 0 Å². The fraction of sp³-hybridized carbons (Fsp3) is 0.600. The number of phosphoric acid groups is 2. The predicted octanol–water partition coefficient (Wildman–Crippen LogP) is -8.00. The third-order valence-corrected chi connectivity index (χ3v) is 4.06. The van der Waals surface area contributed by atoms with Gasteiger partial charge in [0.1, 0.15) is 36.6 Å². The molecule has 0 unspecified atom stereocenters. The van der Waals surface area contributed by atoms with Crippen LogP contribution in [0.2, 0.25) is 0 Å². The van der Waals surface area contributed by atoms with Crippen LogP contribution >= 0.6 is 15.6 Å². The maximum atomic E-state index is 11.4. The van der Waals surface area contributed by atoms with Crippen LogP contribution in [0.1, 0.15) is 6.23 Å². The van der Waals surface area contributed by atoms with Crippen molar-refractivity contribution in [2.75, 3.05) is 6.61 Å². The summed E-state index contributed by atoms with van der Waals surface area (Å²) in [6, 6.07) is 1.09. The maximum absolute atomic E-state index is 11.4. The second kappa shape index (κ2) is 17.5. The molecule has 234 valence electrons. The van der Waals surface area contributed by atoms with Gasteiger partial charge in [-0.3, -0.25) is 14.3 Å². The molecule has 15 N–H and O–H groups in total. The lowest BCUT2D eigenvalue weighted by molar-refractivity contribution is -0.163. The molecule has 0 spiro atoms. The molecule has 1 fully saturated rings. The van der Waals surface area contributed by atoms with Crippen molar-refractivity contribution in [3.05, 3.63) is 33.1 Å². The zero-order valence-electron chi connectivity index (χ0n) is 19.5. The summed E-state index contributed by atoms with van der Waals surface area (Å²) in [7, 11) is -9.28. The van der Waals surface area contributed by atoms with Crippen molar-refractivity contribution >= 4 is 27.9 Å². The van der Waals surface area contributed by atoms with Gasteiger partial charge >= 0.3 is 27.3 Å². The summed E-state index contributed by atoms with van der Waals surface area (Å²) < 4.78 is 23.8. The lowest BCUT2D eigenvalue weighted by atomic mass is 10.0. The minimum absolute atomic E-state index is 0.0809. The average molecular weight is 634 g/mol. The number of aliphatic carboxylic acids is 1. The number of nitrogens with one attached hydrogen (secondary N) is 1. The van der Waals surface area contributed by atoms with E-state index < -0.39 is 88.4 Å². The zero-order chi connectivity index (χ0) is 32.2. The first-order valence-electron chi connectivity index (χ1n) is 9.87. The molecule has 1 saturated heterocycles. The van der Waals surface area contributed by atoms with E-state index in [0.29, 0.717) is 0 Å². The second-order valence-corrected chi connectivity index (χ2v) is 9.22. The van der Waals surface area contributed by atoms with E-state index in [1.54, 1.807) is 0 Å². The van der Waals surface area contributed by atoms with Crippen LogP contribution in [-0.2, 0) is 23.5 Å². The number of carbonyl (C=O) groups is 2. The SMILES string of the molecule is O=C[C@H](O)[C@@H](O)[C@H](O)[C@H](O)C(=O)O.O=P(O)(O)O.O=P(O)(O)O.O=c1ccn([C@@H]2O[C@H](CO)[C@@H](O)[C@H]2O)c(=O)[nH]1. The fourth-order valence-corrected chi connectivity index (χ4v) is 2.35. The molecule has 2 heterocycles. The Morgan fingerprint density at radius 3 is 1.75 bits per heavy atom. The Morgan fingerprint density at radius 2 is 1.43 bits per heavy atom. The normalized spacial score (nSPS) is 23.4. The summed E-state index contributed by atoms with van der Waals surface area (Å²) in [6.07, 6.45) is -12.0. The number of aldehydes is 1. The third-order valence-electron chi connectivity index (χ3n) is 4.06. The smallest absolute Gasteiger partial charge is 0.466 e. The fourth-order valence-electron chi connectivity index (χ4n) is 2.35. The van der Waals surface area contributed by atoms with E-state index in [9.17, 15) is 29.4 Å². The molecule has 0 aliphatic carbocycles. The van der Waals surface area contributed by atoms with Crippen LogP contribution in [0.3, 0.4) is 0 Å². The van der Waals surface area contributed by atoms with Gasteiger partial charge in [0.25, 0.3) is 5.56 Å². The highest BCUT2D eigenvalue weighted by Gasteiger charge is 2.43. The van der Waals surface area contributed by atoms with Gasteiger partial charge in [-0.1, -0.05) is 0 Å². The Balaban J connectivity index is 0. The topological polar surface area (TPSA) is 416 Å². The summed E-state index contributed by atoms with van der Waals surface area (Å²) in [5.74, 6) is -1.76. The molecule has 0 amide bonds. The van der Waals surface area contributed by atoms with Gasteiger partial charge in [-0.05, 0) is 0 Å². The summed E-state index contributed by atoms with van der Waals surface area (Å²) >= 11 is 0. The van der Waals surface area contributed by atoms with E-state index >= 15 is 0 Å². The van der Waals surface area contributed by atoms with Crippen LogP contribution in [0, 0.1) is 0 Å². The highest BCUT2D eigenvalue weighted by molar-refractivity contribution is 7.45. The number of aromatic amines is 1. The predicted molar refractivity (Wildman–Crippen MR) is 121 cm³/mol. The van der Waals surface area contributed by atoms with Gasteiger partial charge < -0.3 is 79.7 Å². The van der Waals surface area contributed by atoms with Crippen molar-refractivity contribution in [2.24, 2.45) is 0 Å². The number of ether oxygens (including phenoxy) is 1. The second-order valence-electron chi connectivity index (χ2n) is 7.16. The molecule has 25 heteroatoms. The van der Waals surface area contributed by atoms with Crippen LogP contribution in [0.4, 0.5) is 0 Å². The van der Waals surface area contributed by atoms with Crippen molar-refractivity contribution in [1.82, 2.24) is 9.55 Å². The molecule has 1 aliphatic rings. The number of hydrogen-bond donors (Lipinski definition) is 15. The number of carboxylic acid groups (broad SMARTS) is 1. The molecule has 1 aromatic heterocycles. The Hall–Kier alpha value is -2.28. The van der Waals surface area contributed by atoms with Gasteiger partial charge in [-0.2, -0.15) is 0 Å². The highest BCUT2D eigenvalue weighted by atomic mass is 31.2. The summed E-state index contributed by atoms with van der Waals surface area (Å²) in [4.78, 5) is 87.4. The first-order chi connectivity index (χ1) is 18.0. The molecular weight excluding hydrogens is 606 g/mol. The molecule has 0 radical (unpaired) electrons. The number of H-pyrrole nitrogens is 1. The van der Waals surface area contributed by atoms with Crippen LogP contribution in [0.25, 0.3) is 0 Å². The average Bonchev–Trinajstić information content (AvgIpc) is 3.08. The van der Waals surface area contributed by atoms with Crippen LogP contribution < -0.4 is 11.2 Å². The lowest BCUT2D eigenvalue weighted by Crippen LogP contribution is -2.48.